The number of halogens is 1. The molecule has 0 aromatic heterocycles. The first-order valence-electron chi connectivity index (χ1n) is 3.65. The van der Waals surface area contributed by atoms with Gasteiger partial charge < -0.3 is 9.90 Å². The molecule has 12 heavy (non-hydrogen) atoms. The predicted molar refractivity (Wildman–Crippen MR) is 42.4 cm³/mol. The van der Waals surface area contributed by atoms with Gasteiger partial charge in [-0.15, -0.1) is 0 Å². The van der Waals surface area contributed by atoms with E-state index in [9.17, 15) is 9.18 Å². The van der Waals surface area contributed by atoms with Gasteiger partial charge in [-0.1, -0.05) is 6.07 Å². The van der Waals surface area contributed by atoms with Crippen LogP contribution in [0.25, 0.3) is 0 Å². The Bertz CT molecular complexity index is 264. The third-order valence-corrected chi connectivity index (χ3v) is 1.61. The molecule has 1 N–H and O–H groups in total. The molecule has 2 nitrogen and oxygen atoms in total. The standard InChI is InChI=1S/C9H9FO2/c10-8-4-1-5-9(12)7(8)3-2-6-11/h1,4-6,12H,2-3H2. The fourth-order valence-electron chi connectivity index (χ4n) is 0.998. The first-order chi connectivity index (χ1) is 5.75. The van der Waals surface area contributed by atoms with Crippen molar-refractivity contribution in [1.82, 2.24) is 0 Å². The van der Waals surface area contributed by atoms with Crippen molar-refractivity contribution in [2.45, 2.75) is 12.8 Å². The lowest BCUT2D eigenvalue weighted by atomic mass is 10.1. The molecule has 0 fully saturated rings. The van der Waals surface area contributed by atoms with Crippen LogP contribution in [0, 0.1) is 5.82 Å². The Morgan fingerprint density at radius 3 is 2.83 bits per heavy atom. The molecule has 0 bridgehead atoms. The lowest BCUT2D eigenvalue weighted by Gasteiger charge is -2.02. The number of aromatic hydroxyl groups is 1. The van der Waals surface area contributed by atoms with Gasteiger partial charge in [0, 0.05) is 12.0 Å². The minimum absolute atomic E-state index is 0.0862. The molecule has 1 rings (SSSR count). The van der Waals surface area contributed by atoms with Crippen molar-refractivity contribution >= 4 is 6.29 Å². The minimum Gasteiger partial charge on any atom is -0.508 e. The highest BCUT2D eigenvalue weighted by molar-refractivity contribution is 5.50. The predicted octanol–water partition coefficient (Wildman–Crippen LogP) is 1.66. The van der Waals surface area contributed by atoms with Crippen molar-refractivity contribution in [3.05, 3.63) is 29.6 Å². The Labute approximate surface area is 69.6 Å². The van der Waals surface area contributed by atoms with Crippen LogP contribution in [0.4, 0.5) is 4.39 Å². The number of phenols is 1. The smallest absolute Gasteiger partial charge is 0.130 e. The van der Waals surface area contributed by atoms with Crippen LogP contribution >= 0.6 is 0 Å². The van der Waals surface area contributed by atoms with E-state index in [2.05, 4.69) is 0 Å². The number of phenolic OH excluding ortho intramolecular Hbond substituents is 1. The molecular weight excluding hydrogens is 159 g/mol. The number of hydrogen-bond donors (Lipinski definition) is 1. The van der Waals surface area contributed by atoms with Gasteiger partial charge in [0.05, 0.1) is 0 Å². The highest BCUT2D eigenvalue weighted by Gasteiger charge is 2.05. The van der Waals surface area contributed by atoms with E-state index >= 15 is 0 Å². The van der Waals surface area contributed by atoms with Gasteiger partial charge in [-0.3, -0.25) is 0 Å². The second-order valence-electron chi connectivity index (χ2n) is 2.44. The number of aldehydes is 1. The van der Waals surface area contributed by atoms with Gasteiger partial charge in [-0.05, 0) is 18.6 Å². The van der Waals surface area contributed by atoms with E-state index in [0.717, 1.165) is 0 Å². The van der Waals surface area contributed by atoms with E-state index in [0.29, 0.717) is 6.29 Å². The van der Waals surface area contributed by atoms with Crippen molar-refractivity contribution in [1.29, 1.82) is 0 Å². The third-order valence-electron chi connectivity index (χ3n) is 1.61. The summed E-state index contributed by atoms with van der Waals surface area (Å²) in [6.45, 7) is 0. The maximum atomic E-state index is 12.9. The van der Waals surface area contributed by atoms with Crippen molar-refractivity contribution in [3.63, 3.8) is 0 Å². The lowest BCUT2D eigenvalue weighted by Crippen LogP contribution is -1.91. The zero-order valence-corrected chi connectivity index (χ0v) is 6.46. The Morgan fingerprint density at radius 2 is 2.25 bits per heavy atom. The largest absolute Gasteiger partial charge is 0.508 e. The van der Waals surface area contributed by atoms with Crippen LogP contribution in [-0.4, -0.2) is 11.4 Å². The zero-order valence-electron chi connectivity index (χ0n) is 6.46. The molecule has 0 aliphatic heterocycles. The Morgan fingerprint density at radius 1 is 1.50 bits per heavy atom. The molecule has 0 aliphatic carbocycles. The zero-order chi connectivity index (χ0) is 8.97. The SMILES string of the molecule is O=CCCc1c(O)cccc1F. The van der Waals surface area contributed by atoms with E-state index in [1.807, 2.05) is 0 Å². The van der Waals surface area contributed by atoms with Crippen molar-refractivity contribution in [2.24, 2.45) is 0 Å². The van der Waals surface area contributed by atoms with Crippen LogP contribution in [0.3, 0.4) is 0 Å². The second-order valence-corrected chi connectivity index (χ2v) is 2.44. The number of carbonyl (C=O) groups excluding carboxylic acids is 1. The average Bonchev–Trinajstić information content (AvgIpc) is 2.04. The molecule has 64 valence electrons. The Balaban J connectivity index is 2.88. The summed E-state index contributed by atoms with van der Waals surface area (Å²) in [5.41, 5.74) is 0.213. The molecule has 0 heterocycles. The number of benzene rings is 1. The molecule has 1 aromatic rings. The maximum absolute atomic E-state index is 12.9. The highest BCUT2D eigenvalue weighted by atomic mass is 19.1. The van der Waals surface area contributed by atoms with E-state index < -0.39 is 5.82 Å². The van der Waals surface area contributed by atoms with Crippen molar-refractivity contribution < 1.29 is 14.3 Å². The molecular formula is C9H9FO2. The first kappa shape index (κ1) is 8.71. The van der Waals surface area contributed by atoms with Crippen LogP contribution in [0.1, 0.15) is 12.0 Å². The molecule has 0 saturated carbocycles. The van der Waals surface area contributed by atoms with Gasteiger partial charge >= 0.3 is 0 Å². The highest BCUT2D eigenvalue weighted by Crippen LogP contribution is 2.20. The van der Waals surface area contributed by atoms with E-state index in [1.54, 1.807) is 0 Å². The minimum atomic E-state index is -0.461. The Kier molecular flexibility index (Phi) is 2.80. The number of rotatable bonds is 3. The normalized spacial score (nSPS) is 9.75. The summed E-state index contributed by atoms with van der Waals surface area (Å²) in [5.74, 6) is -0.547. The van der Waals surface area contributed by atoms with Crippen molar-refractivity contribution in [3.8, 4) is 5.75 Å². The van der Waals surface area contributed by atoms with Gasteiger partial charge in [-0.25, -0.2) is 4.39 Å². The second kappa shape index (κ2) is 3.85. The Hall–Kier alpha value is -1.38. The third kappa shape index (κ3) is 1.81. The van der Waals surface area contributed by atoms with Gasteiger partial charge in [0.15, 0.2) is 0 Å². The quantitative estimate of drug-likeness (QED) is 0.697. The van der Waals surface area contributed by atoms with Crippen LogP contribution in [-0.2, 0) is 11.2 Å². The van der Waals surface area contributed by atoms with Gasteiger partial charge in [0.2, 0.25) is 0 Å². The summed E-state index contributed by atoms with van der Waals surface area (Å²) < 4.78 is 12.9. The van der Waals surface area contributed by atoms with Crippen molar-refractivity contribution in [2.75, 3.05) is 0 Å². The molecule has 0 spiro atoms. The van der Waals surface area contributed by atoms with E-state index in [-0.39, 0.29) is 24.2 Å². The fraction of sp³-hybridized carbons (Fsp3) is 0.222. The molecule has 3 heteroatoms. The molecule has 1 aromatic carbocycles. The van der Waals surface area contributed by atoms with Gasteiger partial charge in [0.1, 0.15) is 17.9 Å². The van der Waals surface area contributed by atoms with Crippen LogP contribution in [0.15, 0.2) is 18.2 Å². The van der Waals surface area contributed by atoms with Crippen LogP contribution in [0.5, 0.6) is 5.75 Å². The van der Waals surface area contributed by atoms with Crippen LogP contribution in [0.2, 0.25) is 0 Å². The topological polar surface area (TPSA) is 37.3 Å². The molecule has 0 radical (unpaired) electrons. The summed E-state index contributed by atoms with van der Waals surface area (Å²) in [6.07, 6.45) is 1.18. The molecule has 0 atom stereocenters. The fourth-order valence-corrected chi connectivity index (χ4v) is 0.998. The summed E-state index contributed by atoms with van der Waals surface area (Å²) in [4.78, 5) is 10.00. The molecule has 0 aliphatic rings. The summed E-state index contributed by atoms with van der Waals surface area (Å²) in [7, 11) is 0. The number of hydrogen-bond acceptors (Lipinski definition) is 2. The maximum Gasteiger partial charge on any atom is 0.130 e. The molecule has 0 amide bonds. The van der Waals surface area contributed by atoms with E-state index in [1.165, 1.54) is 18.2 Å². The summed E-state index contributed by atoms with van der Waals surface area (Å²) in [5, 5.41) is 9.16. The monoisotopic (exact) mass is 168 g/mol. The van der Waals surface area contributed by atoms with E-state index in [4.69, 9.17) is 5.11 Å². The first-order valence-corrected chi connectivity index (χ1v) is 3.65. The average molecular weight is 168 g/mol. The summed E-state index contributed by atoms with van der Waals surface area (Å²) >= 11 is 0. The molecule has 0 unspecified atom stereocenters. The van der Waals surface area contributed by atoms with Gasteiger partial charge in [-0.2, -0.15) is 0 Å². The van der Waals surface area contributed by atoms with Gasteiger partial charge in [0.25, 0.3) is 0 Å². The summed E-state index contributed by atoms with van der Waals surface area (Å²) in [6, 6.07) is 4.10. The molecule has 0 saturated heterocycles. The number of carbonyl (C=O) groups is 1. The van der Waals surface area contributed by atoms with Crippen LogP contribution < -0.4 is 0 Å². The lowest BCUT2D eigenvalue weighted by molar-refractivity contribution is -0.107.